The summed E-state index contributed by atoms with van der Waals surface area (Å²) in [5.41, 5.74) is 0.319. The number of carboxylic acid groups (broad SMARTS) is 1. The molecule has 3 atom stereocenters. The van der Waals surface area contributed by atoms with Crippen molar-refractivity contribution in [1.29, 1.82) is 0 Å². The summed E-state index contributed by atoms with van der Waals surface area (Å²) in [5, 5.41) is 9.91. The molecule has 0 fully saturated rings. The summed E-state index contributed by atoms with van der Waals surface area (Å²) in [4.78, 5) is 31.8. The predicted octanol–water partition coefficient (Wildman–Crippen LogP) is 8.48. The van der Waals surface area contributed by atoms with Crippen LogP contribution in [0, 0.1) is 23.7 Å². The second kappa shape index (κ2) is 11.8. The minimum atomic E-state index is -0.967. The van der Waals surface area contributed by atoms with E-state index in [0.29, 0.717) is 18.9 Å². The molecule has 38 heavy (non-hydrogen) atoms. The number of hydrogen-bond acceptors (Lipinski definition) is 3. The van der Waals surface area contributed by atoms with Crippen molar-refractivity contribution >= 4 is 23.5 Å². The number of carbonyl (C=O) groups is 2. The highest BCUT2D eigenvalue weighted by Crippen LogP contribution is 2.52. The van der Waals surface area contributed by atoms with Gasteiger partial charge in [0.1, 0.15) is 12.1 Å². The van der Waals surface area contributed by atoms with Gasteiger partial charge in [0, 0.05) is 24.1 Å². The zero-order valence-corrected chi connectivity index (χ0v) is 26.4. The van der Waals surface area contributed by atoms with Crippen LogP contribution in [0.5, 0.6) is 0 Å². The molecule has 3 unspecified atom stereocenters. The molecule has 1 aliphatic rings. The van der Waals surface area contributed by atoms with E-state index in [0.717, 1.165) is 17.1 Å². The molecule has 1 aromatic rings. The third-order valence-corrected chi connectivity index (χ3v) is 9.55. The lowest BCUT2D eigenvalue weighted by Crippen LogP contribution is -2.70. The molecule has 0 saturated carbocycles. The van der Waals surface area contributed by atoms with Gasteiger partial charge in [-0.05, 0) is 58.9 Å². The van der Waals surface area contributed by atoms with E-state index in [-0.39, 0.29) is 20.4 Å². The van der Waals surface area contributed by atoms with Crippen LogP contribution in [0.4, 0.5) is 16.3 Å². The molecule has 6 heteroatoms. The number of quaternary nitrogens is 2. The number of nitrogens with zero attached hydrogens (tertiary/aromatic N) is 3. The lowest BCUT2D eigenvalue weighted by molar-refractivity contribution is -0.148. The van der Waals surface area contributed by atoms with E-state index in [1.165, 1.54) is 51.4 Å². The molecule has 216 valence electrons. The van der Waals surface area contributed by atoms with E-state index in [2.05, 4.69) is 40.8 Å². The fourth-order valence-corrected chi connectivity index (χ4v) is 7.04. The van der Waals surface area contributed by atoms with Gasteiger partial charge >= 0.3 is 17.8 Å². The maximum atomic E-state index is 14.8. The zero-order chi connectivity index (χ0) is 29.2. The smallest absolute Gasteiger partial charge is 0.481 e. The van der Waals surface area contributed by atoms with Gasteiger partial charge in [-0.15, -0.1) is 0 Å². The Hall–Kier alpha value is -1.79. The van der Waals surface area contributed by atoms with Crippen LogP contribution in [0.3, 0.4) is 0 Å². The Labute approximate surface area is 233 Å². The fraction of sp³-hybridized carbons (Fsp3) is 0.781. The number of pyridine rings is 1. The zero-order valence-electron chi connectivity index (χ0n) is 26.4. The summed E-state index contributed by atoms with van der Waals surface area (Å²) >= 11 is 0. The van der Waals surface area contributed by atoms with Crippen LogP contribution in [-0.4, -0.2) is 48.3 Å². The van der Waals surface area contributed by atoms with Crippen molar-refractivity contribution in [3.05, 3.63) is 17.8 Å². The molecule has 2 amide bonds. The Morgan fingerprint density at radius 1 is 0.974 bits per heavy atom. The van der Waals surface area contributed by atoms with E-state index >= 15 is 0 Å². The molecule has 2 rings (SSSR count). The van der Waals surface area contributed by atoms with E-state index in [9.17, 15) is 14.7 Å². The van der Waals surface area contributed by atoms with Gasteiger partial charge in [-0.3, -0.25) is 4.79 Å². The Bertz CT molecular complexity index is 1000. The summed E-state index contributed by atoms with van der Waals surface area (Å²) in [6, 6.07) is 2.22. The molecule has 2 heterocycles. The first kappa shape index (κ1) is 32.4. The first-order valence-electron chi connectivity index (χ1n) is 14.9. The quantitative estimate of drug-likeness (QED) is 0.182. The van der Waals surface area contributed by atoms with E-state index < -0.39 is 16.9 Å². The molecule has 0 bridgehead atoms. The van der Waals surface area contributed by atoms with Crippen LogP contribution in [0.25, 0.3) is 0 Å². The SMILES string of the molecule is CCCCCCC(CCCC)C(C)(C)C[N+]1(C)C(=O)[N+](C)(C(C)(C)CC(C)(C)C(=O)O)c2ncc(C)cc21. The van der Waals surface area contributed by atoms with Gasteiger partial charge in [0.2, 0.25) is 5.69 Å². The molecule has 1 aromatic heterocycles. The molecule has 0 aromatic carbocycles. The van der Waals surface area contributed by atoms with Crippen molar-refractivity contribution in [3.8, 4) is 0 Å². The van der Waals surface area contributed by atoms with Crippen LogP contribution in [-0.2, 0) is 4.79 Å². The number of carboxylic acids is 1. The molecular weight excluding hydrogens is 474 g/mol. The number of aryl methyl sites for hydroxylation is 1. The lowest BCUT2D eigenvalue weighted by atomic mass is 9.72. The van der Waals surface area contributed by atoms with E-state index in [1.54, 1.807) is 13.8 Å². The number of fused-ring (bicyclic) bond motifs is 1. The molecule has 6 nitrogen and oxygen atoms in total. The average molecular weight is 532 g/mol. The molecular formula is C32H57N3O3+2. The molecule has 0 spiro atoms. The third kappa shape index (κ3) is 6.17. The highest BCUT2D eigenvalue weighted by molar-refractivity contribution is 6.05. The molecule has 1 aliphatic heterocycles. The second-order valence-corrected chi connectivity index (χ2v) is 14.3. The number of rotatable bonds is 15. The number of amides is 2. The predicted molar refractivity (Wildman–Crippen MR) is 160 cm³/mol. The third-order valence-electron chi connectivity index (χ3n) is 9.55. The van der Waals surface area contributed by atoms with Crippen LogP contribution in [0.2, 0.25) is 0 Å². The monoisotopic (exact) mass is 531 g/mol. The van der Waals surface area contributed by atoms with Gasteiger partial charge in [0.05, 0.1) is 19.5 Å². The summed E-state index contributed by atoms with van der Waals surface area (Å²) in [6.07, 6.45) is 12.0. The van der Waals surface area contributed by atoms with Crippen molar-refractivity contribution in [2.75, 3.05) is 20.6 Å². The Kier molecular flexibility index (Phi) is 10.0. The Morgan fingerprint density at radius 3 is 2.11 bits per heavy atom. The number of urea groups is 1. The van der Waals surface area contributed by atoms with Crippen molar-refractivity contribution in [2.24, 2.45) is 16.7 Å². The van der Waals surface area contributed by atoms with Gasteiger partial charge in [-0.25, -0.2) is 0 Å². The average Bonchev–Trinajstić information content (AvgIpc) is 2.96. The van der Waals surface area contributed by atoms with Gasteiger partial charge in [0.15, 0.2) is 0 Å². The summed E-state index contributed by atoms with van der Waals surface area (Å²) in [5.74, 6) is 0.459. The fourth-order valence-electron chi connectivity index (χ4n) is 7.04. The van der Waals surface area contributed by atoms with Crippen molar-refractivity contribution in [2.45, 2.75) is 126 Å². The molecule has 1 N–H and O–H groups in total. The minimum Gasteiger partial charge on any atom is -0.481 e. The lowest BCUT2D eigenvalue weighted by Gasteiger charge is -2.43. The molecule has 0 saturated heterocycles. The number of unbranched alkanes of at least 4 members (excludes halogenated alkanes) is 4. The maximum absolute atomic E-state index is 14.8. The van der Waals surface area contributed by atoms with Crippen molar-refractivity contribution in [1.82, 2.24) is 14.0 Å². The van der Waals surface area contributed by atoms with Crippen molar-refractivity contribution < 1.29 is 14.7 Å². The topological polar surface area (TPSA) is 67.3 Å². The number of aromatic nitrogens is 1. The van der Waals surface area contributed by atoms with Crippen LogP contribution in [0.1, 0.15) is 119 Å². The van der Waals surface area contributed by atoms with Gasteiger partial charge < -0.3 is 5.11 Å². The van der Waals surface area contributed by atoms with Crippen LogP contribution in [0.15, 0.2) is 12.3 Å². The minimum absolute atomic E-state index is 0.00201. The highest BCUT2D eigenvalue weighted by atomic mass is 16.4. The Balaban J connectivity index is 2.57. The normalized spacial score (nSPS) is 23.0. The number of hydrogen-bond donors (Lipinski definition) is 1. The van der Waals surface area contributed by atoms with Gasteiger partial charge in [0.25, 0.3) is 0 Å². The first-order chi connectivity index (χ1) is 17.4. The number of aliphatic carboxylic acids is 1. The molecule has 0 radical (unpaired) electrons. The van der Waals surface area contributed by atoms with E-state index in [4.69, 9.17) is 4.98 Å². The van der Waals surface area contributed by atoms with Crippen LogP contribution >= 0.6 is 0 Å². The summed E-state index contributed by atoms with van der Waals surface area (Å²) in [7, 11) is 4.02. The summed E-state index contributed by atoms with van der Waals surface area (Å²) < 4.78 is 0.198. The number of carbonyl (C=O) groups excluding carboxylic acids is 1. The second-order valence-electron chi connectivity index (χ2n) is 14.3. The van der Waals surface area contributed by atoms with E-state index in [1.807, 2.05) is 34.0 Å². The van der Waals surface area contributed by atoms with Crippen molar-refractivity contribution in [3.63, 3.8) is 0 Å². The van der Waals surface area contributed by atoms with Crippen LogP contribution < -0.4 is 8.97 Å². The van der Waals surface area contributed by atoms with Gasteiger partial charge in [-0.1, -0.05) is 66.2 Å². The molecule has 0 aliphatic carbocycles. The van der Waals surface area contributed by atoms with Gasteiger partial charge in [-0.2, -0.15) is 18.7 Å². The summed E-state index contributed by atoms with van der Waals surface area (Å²) in [6.45, 7) is 19.5. The standard InChI is InChI=1S/C32H56N3O3/c1-12-14-16-17-19-25(18-15-13-2)31(6,7)23-34(10)26-20-24(3)21-33-27(26)35(11,29(34)38)32(8,9)22-30(4,5)28(36)37/h20-21,25H,12-19,22-23H2,1-11H3/q+1/p+1. The first-order valence-corrected chi connectivity index (χ1v) is 14.9. The maximum Gasteiger partial charge on any atom is 0.526 e. The Morgan fingerprint density at radius 2 is 1.55 bits per heavy atom. The highest BCUT2D eigenvalue weighted by Gasteiger charge is 2.69. The largest absolute Gasteiger partial charge is 0.526 e.